The molecule has 34 heavy (non-hydrogen) atoms. The van der Waals surface area contributed by atoms with Crippen LogP contribution in [0.2, 0.25) is 0 Å². The molecule has 0 saturated heterocycles. The summed E-state index contributed by atoms with van der Waals surface area (Å²) in [5, 5.41) is 14.5. The highest BCUT2D eigenvalue weighted by atomic mass is 16.6. The maximum Gasteiger partial charge on any atom is 0.336 e. The zero-order valence-corrected chi connectivity index (χ0v) is 19.6. The molecule has 0 amide bonds. The van der Waals surface area contributed by atoms with E-state index in [1.807, 2.05) is 51.1 Å². The van der Waals surface area contributed by atoms with E-state index in [-0.39, 0.29) is 23.5 Å². The second kappa shape index (κ2) is 9.25. The van der Waals surface area contributed by atoms with Gasteiger partial charge in [0, 0.05) is 47.9 Å². The van der Waals surface area contributed by atoms with Gasteiger partial charge in [0.2, 0.25) is 0 Å². The third kappa shape index (κ3) is 4.78. The number of ether oxygens (including phenoxy) is 1. The van der Waals surface area contributed by atoms with Crippen molar-refractivity contribution in [2.24, 2.45) is 5.41 Å². The number of benzene rings is 2. The number of ketones is 1. The Morgan fingerprint density at radius 3 is 2.44 bits per heavy atom. The van der Waals surface area contributed by atoms with E-state index in [9.17, 15) is 19.7 Å². The third-order valence-corrected chi connectivity index (χ3v) is 6.36. The summed E-state index contributed by atoms with van der Waals surface area (Å²) in [6.45, 7) is 6.11. The van der Waals surface area contributed by atoms with Crippen molar-refractivity contribution in [1.29, 1.82) is 0 Å². The Kier molecular flexibility index (Phi) is 6.37. The number of nitro benzene ring substituents is 1. The molecule has 1 aliphatic heterocycles. The van der Waals surface area contributed by atoms with E-state index >= 15 is 0 Å². The summed E-state index contributed by atoms with van der Waals surface area (Å²) in [6, 6.07) is 15.8. The number of nitrogens with one attached hydrogen (secondary N) is 1. The van der Waals surface area contributed by atoms with Crippen LogP contribution in [0, 0.1) is 15.5 Å². The Morgan fingerprint density at radius 2 is 1.79 bits per heavy atom. The number of rotatable bonds is 6. The highest BCUT2D eigenvalue weighted by molar-refractivity contribution is 6.04. The van der Waals surface area contributed by atoms with E-state index in [4.69, 9.17) is 4.74 Å². The van der Waals surface area contributed by atoms with Gasteiger partial charge in [-0.25, -0.2) is 4.79 Å². The summed E-state index contributed by atoms with van der Waals surface area (Å²) in [5.74, 6) is -1.15. The van der Waals surface area contributed by atoms with Gasteiger partial charge in [-0.2, -0.15) is 0 Å². The summed E-state index contributed by atoms with van der Waals surface area (Å²) in [5.41, 5.74) is 3.83. The quantitative estimate of drug-likeness (QED) is 0.371. The molecule has 176 valence electrons. The van der Waals surface area contributed by atoms with Crippen LogP contribution in [0.15, 0.2) is 77.1 Å². The van der Waals surface area contributed by atoms with Crippen LogP contribution in [0.25, 0.3) is 0 Å². The lowest BCUT2D eigenvalue weighted by molar-refractivity contribution is -0.384. The fourth-order valence-electron chi connectivity index (χ4n) is 4.81. The molecule has 0 fully saturated rings. The summed E-state index contributed by atoms with van der Waals surface area (Å²) in [7, 11) is 0. The first-order valence-corrected chi connectivity index (χ1v) is 11.4. The molecule has 2 aliphatic rings. The van der Waals surface area contributed by atoms with Crippen LogP contribution in [0.1, 0.15) is 50.7 Å². The zero-order chi connectivity index (χ0) is 24.5. The normalized spacial score (nSPS) is 19.4. The summed E-state index contributed by atoms with van der Waals surface area (Å²) in [6.07, 6.45) is 1.62. The second-order valence-electron chi connectivity index (χ2n) is 9.65. The fourth-order valence-corrected chi connectivity index (χ4v) is 4.81. The molecule has 4 rings (SSSR count). The minimum Gasteiger partial charge on any atom is -0.462 e. The fraction of sp³-hybridized carbons (Fsp3) is 0.333. The lowest BCUT2D eigenvalue weighted by Gasteiger charge is -2.39. The van der Waals surface area contributed by atoms with Crippen molar-refractivity contribution in [3.8, 4) is 0 Å². The number of dihydropyridines is 1. The van der Waals surface area contributed by atoms with Crippen LogP contribution in [-0.4, -0.2) is 23.3 Å². The van der Waals surface area contributed by atoms with Crippen molar-refractivity contribution in [2.75, 3.05) is 6.61 Å². The van der Waals surface area contributed by atoms with Crippen LogP contribution < -0.4 is 5.32 Å². The first kappa shape index (κ1) is 23.4. The SMILES string of the molecule is CC1=C(C(=O)OCCc2ccccc2)C(c2ccc([N+](=O)[O-])cc2)C2=C(CC(C)(C)CC2=O)N1. The highest BCUT2D eigenvalue weighted by Crippen LogP contribution is 2.46. The van der Waals surface area contributed by atoms with E-state index in [1.165, 1.54) is 12.1 Å². The number of Topliss-reactive ketones (excluding diaryl/α,β-unsaturated/α-hetero) is 1. The molecule has 2 aromatic carbocycles. The largest absolute Gasteiger partial charge is 0.462 e. The summed E-state index contributed by atoms with van der Waals surface area (Å²) < 4.78 is 5.65. The maximum atomic E-state index is 13.3. The predicted molar refractivity (Wildman–Crippen MR) is 128 cm³/mol. The number of hydrogen-bond donors (Lipinski definition) is 1. The molecule has 7 heteroatoms. The molecular formula is C27H28N2O5. The van der Waals surface area contributed by atoms with Crippen LogP contribution in [0.3, 0.4) is 0 Å². The Labute approximate surface area is 198 Å². The molecule has 1 heterocycles. The lowest BCUT2D eigenvalue weighted by Crippen LogP contribution is -2.38. The number of allylic oxidation sites excluding steroid dienone is 3. The van der Waals surface area contributed by atoms with Gasteiger partial charge in [0.05, 0.1) is 17.1 Å². The van der Waals surface area contributed by atoms with Gasteiger partial charge in [-0.1, -0.05) is 56.3 Å². The Morgan fingerprint density at radius 1 is 1.12 bits per heavy atom. The molecule has 1 atom stereocenters. The average Bonchev–Trinajstić information content (AvgIpc) is 2.78. The Hall–Kier alpha value is -3.74. The van der Waals surface area contributed by atoms with Crippen LogP contribution in [-0.2, 0) is 20.7 Å². The molecule has 0 bridgehead atoms. The summed E-state index contributed by atoms with van der Waals surface area (Å²) in [4.78, 5) is 37.3. The van der Waals surface area contributed by atoms with Gasteiger partial charge in [0.1, 0.15) is 0 Å². The molecule has 0 aromatic heterocycles. The van der Waals surface area contributed by atoms with E-state index in [0.717, 1.165) is 11.3 Å². The molecule has 0 radical (unpaired) electrons. The lowest BCUT2D eigenvalue weighted by atomic mass is 9.68. The molecule has 1 unspecified atom stereocenters. The van der Waals surface area contributed by atoms with Crippen molar-refractivity contribution in [3.63, 3.8) is 0 Å². The molecule has 2 aromatic rings. The Balaban J connectivity index is 1.68. The first-order chi connectivity index (χ1) is 16.2. The van der Waals surface area contributed by atoms with Crippen molar-refractivity contribution in [2.45, 2.75) is 46.0 Å². The molecule has 0 saturated carbocycles. The van der Waals surface area contributed by atoms with Crippen molar-refractivity contribution in [3.05, 3.63) is 98.4 Å². The second-order valence-corrected chi connectivity index (χ2v) is 9.65. The topological polar surface area (TPSA) is 98.5 Å². The van der Waals surface area contributed by atoms with Gasteiger partial charge >= 0.3 is 5.97 Å². The molecule has 1 N–H and O–H groups in total. The van der Waals surface area contributed by atoms with Crippen molar-refractivity contribution >= 4 is 17.4 Å². The number of hydrogen-bond acceptors (Lipinski definition) is 6. The number of nitrogens with zero attached hydrogens (tertiary/aromatic N) is 1. The minimum atomic E-state index is -0.634. The van der Waals surface area contributed by atoms with Gasteiger partial charge in [-0.3, -0.25) is 14.9 Å². The van der Waals surface area contributed by atoms with Gasteiger partial charge < -0.3 is 10.1 Å². The number of esters is 1. The number of nitro groups is 1. The monoisotopic (exact) mass is 460 g/mol. The van der Waals surface area contributed by atoms with Gasteiger partial charge in [-0.15, -0.1) is 0 Å². The van der Waals surface area contributed by atoms with E-state index in [2.05, 4.69) is 5.32 Å². The predicted octanol–water partition coefficient (Wildman–Crippen LogP) is 4.98. The smallest absolute Gasteiger partial charge is 0.336 e. The van der Waals surface area contributed by atoms with Gasteiger partial charge in [-0.05, 0) is 29.9 Å². The molecule has 0 spiro atoms. The summed E-state index contributed by atoms with van der Waals surface area (Å²) >= 11 is 0. The molecule has 1 aliphatic carbocycles. The van der Waals surface area contributed by atoms with Gasteiger partial charge in [0.15, 0.2) is 5.78 Å². The van der Waals surface area contributed by atoms with Gasteiger partial charge in [0.25, 0.3) is 5.69 Å². The maximum absolute atomic E-state index is 13.3. The van der Waals surface area contributed by atoms with E-state index in [1.54, 1.807) is 12.1 Å². The highest BCUT2D eigenvalue weighted by Gasteiger charge is 2.43. The number of carbonyl (C=O) groups is 2. The average molecular weight is 461 g/mol. The third-order valence-electron chi connectivity index (χ3n) is 6.36. The van der Waals surface area contributed by atoms with Crippen LogP contribution in [0.5, 0.6) is 0 Å². The molecule has 7 nitrogen and oxygen atoms in total. The Bertz CT molecular complexity index is 1190. The number of carbonyl (C=O) groups excluding carboxylic acids is 2. The minimum absolute atomic E-state index is 0.0239. The number of non-ortho nitro benzene ring substituents is 1. The van der Waals surface area contributed by atoms with Crippen LogP contribution in [0.4, 0.5) is 5.69 Å². The molecular weight excluding hydrogens is 432 g/mol. The standard InChI is InChI=1S/C27H28N2O5/c1-17-23(26(31)34-14-13-18-7-5-4-6-8-18)24(19-9-11-20(12-10-19)29(32)33)25-21(28-17)15-27(2,3)16-22(25)30/h4-12,24,28H,13-16H2,1-3H3. The first-order valence-electron chi connectivity index (χ1n) is 11.4. The van der Waals surface area contributed by atoms with Crippen LogP contribution >= 0.6 is 0 Å². The van der Waals surface area contributed by atoms with E-state index in [0.29, 0.717) is 41.7 Å². The zero-order valence-electron chi connectivity index (χ0n) is 19.6. The van der Waals surface area contributed by atoms with E-state index < -0.39 is 16.8 Å². The van der Waals surface area contributed by atoms with Crippen molar-refractivity contribution < 1.29 is 19.2 Å². The van der Waals surface area contributed by atoms with Crippen molar-refractivity contribution in [1.82, 2.24) is 5.32 Å².